The minimum absolute atomic E-state index is 0.203. The van der Waals surface area contributed by atoms with Crippen molar-refractivity contribution in [2.45, 2.75) is 25.4 Å². The van der Waals surface area contributed by atoms with Crippen molar-refractivity contribution < 1.29 is 9.53 Å². The molecular weight excluding hydrogens is 304 g/mol. The van der Waals surface area contributed by atoms with E-state index in [1.54, 1.807) is 7.11 Å². The van der Waals surface area contributed by atoms with E-state index in [1.807, 2.05) is 30.5 Å². The number of H-pyrrole nitrogens is 1. The number of aromatic amines is 1. The third-order valence-corrected chi connectivity index (χ3v) is 5.10. The van der Waals surface area contributed by atoms with E-state index in [9.17, 15) is 4.79 Å². The van der Waals surface area contributed by atoms with Crippen molar-refractivity contribution in [3.05, 3.63) is 36.0 Å². The molecule has 2 aromatic rings. The lowest BCUT2D eigenvalue weighted by molar-refractivity contribution is -0.119. The number of aromatic nitrogens is 2. The first kappa shape index (κ1) is 15.2. The first-order valence-electron chi connectivity index (χ1n) is 8.41. The number of fused-ring (bicyclic) bond motifs is 1. The number of ether oxygens (including phenoxy) is 1. The number of hydrogen-bond acceptors (Lipinski definition) is 4. The summed E-state index contributed by atoms with van der Waals surface area (Å²) in [7, 11) is 1.67. The monoisotopic (exact) mass is 326 g/mol. The van der Waals surface area contributed by atoms with Crippen molar-refractivity contribution in [1.82, 2.24) is 20.4 Å². The summed E-state index contributed by atoms with van der Waals surface area (Å²) < 4.78 is 5.22. The van der Waals surface area contributed by atoms with Crippen LogP contribution in [-0.4, -0.2) is 47.2 Å². The third-order valence-electron chi connectivity index (χ3n) is 5.10. The topological polar surface area (TPSA) is 70.2 Å². The second kappa shape index (κ2) is 6.28. The lowest BCUT2D eigenvalue weighted by Crippen LogP contribution is -2.44. The van der Waals surface area contributed by atoms with E-state index in [4.69, 9.17) is 4.74 Å². The van der Waals surface area contributed by atoms with Crippen LogP contribution in [-0.2, 0) is 11.3 Å². The van der Waals surface area contributed by atoms with E-state index in [0.717, 1.165) is 43.1 Å². The summed E-state index contributed by atoms with van der Waals surface area (Å²) >= 11 is 0. The number of nitrogens with one attached hydrogen (secondary N) is 2. The van der Waals surface area contributed by atoms with Gasteiger partial charge in [-0.1, -0.05) is 0 Å². The smallest absolute Gasteiger partial charge is 0.220 e. The van der Waals surface area contributed by atoms with E-state index in [1.165, 1.54) is 5.56 Å². The summed E-state index contributed by atoms with van der Waals surface area (Å²) in [4.78, 5) is 14.0. The Morgan fingerprint density at radius 1 is 1.33 bits per heavy atom. The molecule has 0 spiro atoms. The minimum atomic E-state index is 0.203. The highest BCUT2D eigenvalue weighted by molar-refractivity contribution is 5.79. The number of rotatable bonds is 4. The summed E-state index contributed by atoms with van der Waals surface area (Å²) in [5.74, 6) is 1.50. The average molecular weight is 326 g/mol. The number of hydrogen-bond donors (Lipinski definition) is 2. The maximum atomic E-state index is 11.6. The standard InChI is InChI=1S/C18H22N4O2/c1-24-15-4-2-12(3-5-15)18-14(9-19-21-18)11-22-7-6-16-13(10-22)8-17(23)20-16/h2-5,9,13,16H,6-8,10-11H2,1H3,(H,19,21)(H,20,23)/t13-,16+/m1/s1. The molecule has 24 heavy (non-hydrogen) atoms. The molecule has 4 rings (SSSR count). The van der Waals surface area contributed by atoms with E-state index in [0.29, 0.717) is 18.4 Å². The lowest BCUT2D eigenvalue weighted by Gasteiger charge is -2.34. The van der Waals surface area contributed by atoms with Crippen molar-refractivity contribution in [3.63, 3.8) is 0 Å². The van der Waals surface area contributed by atoms with Crippen LogP contribution < -0.4 is 10.1 Å². The van der Waals surface area contributed by atoms with Gasteiger partial charge in [-0.2, -0.15) is 5.10 Å². The third kappa shape index (κ3) is 2.89. The van der Waals surface area contributed by atoms with Gasteiger partial charge in [0.15, 0.2) is 0 Å². The zero-order chi connectivity index (χ0) is 16.5. The maximum Gasteiger partial charge on any atom is 0.220 e. The molecule has 6 nitrogen and oxygen atoms in total. The molecule has 126 valence electrons. The normalized spacial score (nSPS) is 23.8. The van der Waals surface area contributed by atoms with Crippen LogP contribution in [0.1, 0.15) is 18.4 Å². The van der Waals surface area contributed by atoms with Crippen LogP contribution >= 0.6 is 0 Å². The van der Waals surface area contributed by atoms with E-state index in [-0.39, 0.29) is 5.91 Å². The van der Waals surface area contributed by atoms with Gasteiger partial charge < -0.3 is 10.1 Å². The zero-order valence-electron chi connectivity index (χ0n) is 13.8. The van der Waals surface area contributed by atoms with Crippen molar-refractivity contribution in [2.75, 3.05) is 20.2 Å². The maximum absolute atomic E-state index is 11.6. The molecule has 2 aliphatic heterocycles. The van der Waals surface area contributed by atoms with Gasteiger partial charge in [0.1, 0.15) is 5.75 Å². The number of amides is 1. The molecule has 0 aliphatic carbocycles. The van der Waals surface area contributed by atoms with Crippen molar-refractivity contribution in [1.29, 1.82) is 0 Å². The van der Waals surface area contributed by atoms with Gasteiger partial charge in [-0.25, -0.2) is 0 Å². The predicted molar refractivity (Wildman–Crippen MR) is 90.5 cm³/mol. The first-order chi connectivity index (χ1) is 11.7. The fraction of sp³-hybridized carbons (Fsp3) is 0.444. The van der Waals surface area contributed by atoms with E-state index < -0.39 is 0 Å². The Balaban J connectivity index is 1.48. The second-order valence-corrected chi connectivity index (χ2v) is 6.66. The molecule has 2 saturated heterocycles. The van der Waals surface area contributed by atoms with Gasteiger partial charge in [-0.05, 0) is 30.7 Å². The lowest BCUT2D eigenvalue weighted by atomic mass is 9.93. The van der Waals surface area contributed by atoms with Gasteiger partial charge in [0, 0.05) is 49.1 Å². The quantitative estimate of drug-likeness (QED) is 0.899. The highest BCUT2D eigenvalue weighted by Crippen LogP contribution is 2.29. The molecule has 2 N–H and O–H groups in total. The fourth-order valence-corrected chi connectivity index (χ4v) is 3.83. The summed E-state index contributed by atoms with van der Waals surface area (Å²) in [5.41, 5.74) is 3.35. The number of piperidine rings is 1. The van der Waals surface area contributed by atoms with Crippen LogP contribution in [0.5, 0.6) is 5.75 Å². The van der Waals surface area contributed by atoms with Gasteiger partial charge in [0.05, 0.1) is 19.0 Å². The van der Waals surface area contributed by atoms with E-state index >= 15 is 0 Å². The number of carbonyl (C=O) groups is 1. The summed E-state index contributed by atoms with van der Waals surface area (Å²) in [6, 6.07) is 8.38. The van der Waals surface area contributed by atoms with Crippen molar-refractivity contribution in [3.8, 4) is 17.0 Å². The Kier molecular flexibility index (Phi) is 3.98. The Bertz CT molecular complexity index is 725. The number of nitrogens with zero attached hydrogens (tertiary/aromatic N) is 2. The molecule has 3 heterocycles. The number of methoxy groups -OCH3 is 1. The number of benzene rings is 1. The average Bonchev–Trinajstić information content (AvgIpc) is 3.20. The second-order valence-electron chi connectivity index (χ2n) is 6.66. The number of likely N-dealkylation sites (tertiary alicyclic amines) is 1. The largest absolute Gasteiger partial charge is 0.497 e. The number of carbonyl (C=O) groups excluding carboxylic acids is 1. The minimum Gasteiger partial charge on any atom is -0.497 e. The summed E-state index contributed by atoms with van der Waals surface area (Å²) in [6.07, 6.45) is 3.60. The zero-order valence-corrected chi connectivity index (χ0v) is 13.8. The van der Waals surface area contributed by atoms with Gasteiger partial charge in [-0.3, -0.25) is 14.8 Å². The fourth-order valence-electron chi connectivity index (χ4n) is 3.83. The molecule has 2 fully saturated rings. The molecule has 0 radical (unpaired) electrons. The molecule has 6 heteroatoms. The highest BCUT2D eigenvalue weighted by atomic mass is 16.5. The van der Waals surface area contributed by atoms with Gasteiger partial charge >= 0.3 is 0 Å². The van der Waals surface area contributed by atoms with Gasteiger partial charge in [-0.15, -0.1) is 0 Å². The highest BCUT2D eigenvalue weighted by Gasteiger charge is 2.36. The Hall–Kier alpha value is -2.34. The van der Waals surface area contributed by atoms with Crippen molar-refractivity contribution >= 4 is 5.91 Å². The molecule has 1 aromatic carbocycles. The predicted octanol–water partition coefficient (Wildman–Crippen LogP) is 1.80. The van der Waals surface area contributed by atoms with Crippen LogP contribution in [0.4, 0.5) is 0 Å². The molecule has 2 atom stereocenters. The Morgan fingerprint density at radius 3 is 2.96 bits per heavy atom. The molecule has 0 bridgehead atoms. The van der Waals surface area contributed by atoms with Crippen LogP contribution in [0, 0.1) is 5.92 Å². The summed E-state index contributed by atoms with van der Waals surface area (Å²) in [6.45, 7) is 2.83. The Morgan fingerprint density at radius 2 is 2.17 bits per heavy atom. The van der Waals surface area contributed by atoms with Gasteiger partial charge in [0.2, 0.25) is 5.91 Å². The molecular formula is C18H22N4O2. The van der Waals surface area contributed by atoms with Crippen LogP contribution in [0.15, 0.2) is 30.5 Å². The first-order valence-corrected chi connectivity index (χ1v) is 8.41. The molecule has 0 unspecified atom stereocenters. The van der Waals surface area contributed by atoms with Crippen LogP contribution in [0.25, 0.3) is 11.3 Å². The van der Waals surface area contributed by atoms with E-state index in [2.05, 4.69) is 20.4 Å². The van der Waals surface area contributed by atoms with Crippen molar-refractivity contribution in [2.24, 2.45) is 5.92 Å². The van der Waals surface area contributed by atoms with Gasteiger partial charge in [0.25, 0.3) is 0 Å². The molecule has 1 aromatic heterocycles. The Labute approximate surface area is 141 Å². The SMILES string of the molecule is COc1ccc(-c2[nH]ncc2CN2CC[C@@H]3NC(=O)C[C@@H]3C2)cc1. The van der Waals surface area contributed by atoms with Crippen LogP contribution in [0.3, 0.4) is 0 Å². The molecule has 2 aliphatic rings. The molecule has 0 saturated carbocycles. The summed E-state index contributed by atoms with van der Waals surface area (Å²) in [5, 5.41) is 10.4. The van der Waals surface area contributed by atoms with Crippen LogP contribution in [0.2, 0.25) is 0 Å². The molecule has 1 amide bonds.